The van der Waals surface area contributed by atoms with Crippen molar-refractivity contribution in [3.05, 3.63) is 23.8 Å². The van der Waals surface area contributed by atoms with Gasteiger partial charge in [-0.2, -0.15) is 0 Å². The highest BCUT2D eigenvalue weighted by molar-refractivity contribution is 5.92. The van der Waals surface area contributed by atoms with Gasteiger partial charge in [0.05, 0.1) is 19.1 Å². The molecule has 3 N–H and O–H groups in total. The molecule has 0 unspecified atom stereocenters. The summed E-state index contributed by atoms with van der Waals surface area (Å²) in [6, 6.07) is 5.99. The third-order valence-electron chi connectivity index (χ3n) is 7.49. The number of nitrogens with one attached hydrogen (secondary N) is 2. The van der Waals surface area contributed by atoms with Crippen LogP contribution in [0.3, 0.4) is 0 Å². The van der Waals surface area contributed by atoms with E-state index in [1.165, 1.54) is 12.8 Å². The molecule has 1 aliphatic carbocycles. The summed E-state index contributed by atoms with van der Waals surface area (Å²) in [5.74, 6) is 0.775. The van der Waals surface area contributed by atoms with Gasteiger partial charge in [-0.05, 0) is 50.3 Å². The van der Waals surface area contributed by atoms with E-state index in [0.29, 0.717) is 19.6 Å². The van der Waals surface area contributed by atoms with Crippen molar-refractivity contribution in [2.24, 2.45) is 5.92 Å². The van der Waals surface area contributed by atoms with E-state index < -0.39 is 6.10 Å². The molecule has 3 heterocycles. The van der Waals surface area contributed by atoms with E-state index in [2.05, 4.69) is 10.6 Å². The first-order valence-corrected chi connectivity index (χ1v) is 12.4. The van der Waals surface area contributed by atoms with Crippen LogP contribution in [0.4, 0.5) is 5.69 Å². The van der Waals surface area contributed by atoms with Gasteiger partial charge in [0.25, 0.3) is 0 Å². The van der Waals surface area contributed by atoms with E-state index >= 15 is 0 Å². The average Bonchev–Trinajstić information content (AvgIpc) is 3.46. The zero-order valence-corrected chi connectivity index (χ0v) is 19.0. The van der Waals surface area contributed by atoms with Gasteiger partial charge in [-0.1, -0.05) is 12.8 Å². The van der Waals surface area contributed by atoms with Gasteiger partial charge < -0.3 is 30.0 Å². The van der Waals surface area contributed by atoms with Crippen molar-refractivity contribution in [3.8, 4) is 5.75 Å². The molecule has 0 bridgehead atoms. The van der Waals surface area contributed by atoms with Crippen molar-refractivity contribution in [3.63, 3.8) is 0 Å². The van der Waals surface area contributed by atoms with Crippen LogP contribution >= 0.6 is 0 Å². The molecule has 1 aromatic rings. The third-order valence-corrected chi connectivity index (χ3v) is 7.49. The summed E-state index contributed by atoms with van der Waals surface area (Å²) in [6.45, 7) is 1.08. The maximum atomic E-state index is 12.7. The van der Waals surface area contributed by atoms with E-state index in [9.17, 15) is 14.7 Å². The van der Waals surface area contributed by atoms with Crippen molar-refractivity contribution < 1.29 is 28.9 Å². The first-order chi connectivity index (χ1) is 16.1. The third kappa shape index (κ3) is 5.03. The van der Waals surface area contributed by atoms with Gasteiger partial charge in [-0.25, -0.2) is 0 Å². The number of fused-ring (bicyclic) bond motifs is 3. The second-order valence-corrected chi connectivity index (χ2v) is 9.79. The van der Waals surface area contributed by atoms with Crippen LogP contribution in [-0.2, 0) is 19.1 Å². The molecular formula is C25H34N2O6. The Morgan fingerprint density at radius 3 is 2.64 bits per heavy atom. The van der Waals surface area contributed by atoms with Gasteiger partial charge in [0.2, 0.25) is 11.8 Å². The Morgan fingerprint density at radius 1 is 1.09 bits per heavy atom. The Morgan fingerprint density at radius 2 is 1.88 bits per heavy atom. The molecule has 4 atom stereocenters. The maximum absolute atomic E-state index is 12.7. The van der Waals surface area contributed by atoms with E-state index in [-0.39, 0.29) is 54.9 Å². The minimum atomic E-state index is -0.485. The normalized spacial score (nSPS) is 29.7. The molecule has 2 saturated heterocycles. The lowest BCUT2D eigenvalue weighted by atomic mass is 9.84. The molecule has 4 aliphatic rings. The minimum absolute atomic E-state index is 0.00936. The summed E-state index contributed by atoms with van der Waals surface area (Å²) in [7, 11) is 0. The summed E-state index contributed by atoms with van der Waals surface area (Å²) < 4.78 is 17.6. The Kier molecular flexibility index (Phi) is 6.85. The predicted molar refractivity (Wildman–Crippen MR) is 121 cm³/mol. The van der Waals surface area contributed by atoms with Crippen LogP contribution in [0.15, 0.2) is 18.2 Å². The number of aliphatic hydroxyl groups is 1. The zero-order valence-electron chi connectivity index (χ0n) is 19.0. The van der Waals surface area contributed by atoms with E-state index in [4.69, 9.17) is 14.2 Å². The molecular weight excluding hydrogens is 424 g/mol. The Bertz CT molecular complexity index is 864. The zero-order chi connectivity index (χ0) is 22.8. The smallest absolute Gasteiger partial charge is 0.227 e. The lowest BCUT2D eigenvalue weighted by Crippen LogP contribution is -2.47. The topological polar surface area (TPSA) is 106 Å². The van der Waals surface area contributed by atoms with E-state index in [1.807, 2.05) is 18.2 Å². The number of hydrogen-bond acceptors (Lipinski definition) is 6. The lowest BCUT2D eigenvalue weighted by molar-refractivity contribution is -0.142. The summed E-state index contributed by atoms with van der Waals surface area (Å²) in [4.78, 5) is 25.3. The van der Waals surface area contributed by atoms with Crippen LogP contribution in [0.25, 0.3) is 0 Å². The number of aliphatic hydroxyl groups excluding tert-OH is 1. The molecule has 0 spiro atoms. The summed E-state index contributed by atoms with van der Waals surface area (Å²) in [5.41, 5.74) is 1.75. The van der Waals surface area contributed by atoms with Crippen LogP contribution in [0, 0.1) is 5.92 Å². The fourth-order valence-electron chi connectivity index (χ4n) is 5.73. The fourth-order valence-corrected chi connectivity index (χ4v) is 5.73. The van der Waals surface area contributed by atoms with Crippen molar-refractivity contribution >= 4 is 17.5 Å². The first-order valence-electron chi connectivity index (χ1n) is 12.4. The van der Waals surface area contributed by atoms with Gasteiger partial charge in [0.15, 0.2) is 0 Å². The molecule has 0 aromatic heterocycles. The Balaban J connectivity index is 1.26. The lowest BCUT2D eigenvalue weighted by Gasteiger charge is -2.37. The van der Waals surface area contributed by atoms with Gasteiger partial charge in [-0.15, -0.1) is 0 Å². The molecule has 3 aliphatic heterocycles. The molecule has 8 nitrogen and oxygen atoms in total. The van der Waals surface area contributed by atoms with Crippen molar-refractivity contribution in [1.82, 2.24) is 5.32 Å². The molecule has 33 heavy (non-hydrogen) atoms. The van der Waals surface area contributed by atoms with E-state index in [1.54, 1.807) is 0 Å². The number of anilines is 1. The number of carbonyl (C=O) groups excluding carboxylic acids is 2. The van der Waals surface area contributed by atoms with Crippen LogP contribution < -0.4 is 15.4 Å². The van der Waals surface area contributed by atoms with Crippen molar-refractivity contribution in [1.29, 1.82) is 0 Å². The highest BCUT2D eigenvalue weighted by Gasteiger charge is 2.46. The van der Waals surface area contributed by atoms with Crippen LogP contribution in [-0.4, -0.2) is 61.1 Å². The fraction of sp³-hybridized carbons (Fsp3) is 0.680. The quantitative estimate of drug-likeness (QED) is 0.605. The largest absolute Gasteiger partial charge is 0.487 e. The second kappa shape index (κ2) is 9.99. The molecule has 180 valence electrons. The number of benzene rings is 1. The summed E-state index contributed by atoms with van der Waals surface area (Å²) in [6.07, 6.45) is 5.78. The molecule has 1 saturated carbocycles. The molecule has 1 aromatic carbocycles. The molecule has 3 fully saturated rings. The van der Waals surface area contributed by atoms with Gasteiger partial charge >= 0.3 is 0 Å². The SMILES string of the molecule is O=C(C[C@@H]1C[C@H]2c3cc(NC(=O)C4CCOCC4)ccc3O[C@H]2[C@H](CO)O1)NC1CCCC1. The van der Waals surface area contributed by atoms with Crippen LogP contribution in [0.1, 0.15) is 62.8 Å². The van der Waals surface area contributed by atoms with Crippen LogP contribution in [0.5, 0.6) is 5.75 Å². The highest BCUT2D eigenvalue weighted by Crippen LogP contribution is 2.47. The predicted octanol–water partition coefficient (Wildman–Crippen LogP) is 2.50. The summed E-state index contributed by atoms with van der Waals surface area (Å²) in [5, 5.41) is 16.1. The van der Waals surface area contributed by atoms with Gasteiger partial charge in [0.1, 0.15) is 18.0 Å². The van der Waals surface area contributed by atoms with Crippen LogP contribution in [0.2, 0.25) is 0 Å². The number of amides is 2. The van der Waals surface area contributed by atoms with Gasteiger partial charge in [-0.3, -0.25) is 9.59 Å². The Hall–Kier alpha value is -2.16. The number of hydrogen-bond donors (Lipinski definition) is 3. The first kappa shape index (κ1) is 22.6. The maximum Gasteiger partial charge on any atom is 0.227 e. The molecule has 8 heteroatoms. The monoisotopic (exact) mass is 458 g/mol. The molecule has 2 amide bonds. The molecule has 0 radical (unpaired) electrons. The Labute approximate surface area is 194 Å². The van der Waals surface area contributed by atoms with Crippen molar-refractivity contribution in [2.75, 3.05) is 25.1 Å². The number of carbonyl (C=O) groups is 2. The summed E-state index contributed by atoms with van der Waals surface area (Å²) >= 11 is 0. The number of ether oxygens (including phenoxy) is 3. The standard InChI is InChI=1S/C25H34N2O6/c28-14-22-24-20(12-18(32-22)13-23(29)26-16-3-1-2-4-16)19-11-17(5-6-21(19)33-24)27-25(30)15-7-9-31-10-8-15/h5-6,11,15-16,18,20,22,24,28H,1-4,7-10,12-14H2,(H,26,29)(H,27,30)/t18-,20-,22-,24+/m0/s1. The van der Waals surface area contributed by atoms with Crippen molar-refractivity contribution in [2.45, 2.75) is 81.6 Å². The molecule has 5 rings (SSSR count). The highest BCUT2D eigenvalue weighted by atomic mass is 16.6. The number of rotatable bonds is 6. The van der Waals surface area contributed by atoms with E-state index in [0.717, 1.165) is 42.7 Å². The minimum Gasteiger partial charge on any atom is -0.487 e. The second-order valence-electron chi connectivity index (χ2n) is 9.79. The average molecular weight is 459 g/mol. The van der Waals surface area contributed by atoms with Gasteiger partial charge in [0, 0.05) is 42.3 Å².